The maximum absolute atomic E-state index is 2.39. The predicted molar refractivity (Wildman–Crippen MR) is 150 cm³/mol. The Kier molecular flexibility index (Phi) is 4.96. The standard InChI is InChI=1S/C30H20B2S2/c1-3-11-21(12-4-1)31-23-15-7-10-18-27(23)34-30-25(31)19-20-28-29(30)32(22-13-5-2-6-14-22)24-16-8-9-17-26(24)33-28/h1-20H. The van der Waals surface area contributed by atoms with Gasteiger partial charge in [0.1, 0.15) is 0 Å². The van der Waals surface area contributed by atoms with Crippen LogP contribution in [0.4, 0.5) is 0 Å². The van der Waals surface area contributed by atoms with Crippen LogP contribution < -0.4 is 32.8 Å². The van der Waals surface area contributed by atoms with Gasteiger partial charge in [-0.05, 0) is 23.7 Å². The molecule has 158 valence electrons. The summed E-state index contributed by atoms with van der Waals surface area (Å²) >= 11 is 3.87. The third kappa shape index (κ3) is 3.20. The molecule has 0 aromatic heterocycles. The van der Waals surface area contributed by atoms with Crippen LogP contribution in [0.3, 0.4) is 0 Å². The molecular weight excluding hydrogens is 446 g/mol. The lowest BCUT2D eigenvalue weighted by Crippen LogP contribution is -2.61. The molecule has 0 bridgehead atoms. The fraction of sp³-hybridized carbons (Fsp3) is 0. The van der Waals surface area contributed by atoms with Crippen molar-refractivity contribution in [1.82, 2.24) is 0 Å². The van der Waals surface area contributed by atoms with Crippen LogP contribution in [-0.2, 0) is 0 Å². The van der Waals surface area contributed by atoms with Crippen LogP contribution in [0.15, 0.2) is 141 Å². The van der Waals surface area contributed by atoms with Crippen LogP contribution in [0.5, 0.6) is 0 Å². The zero-order valence-electron chi connectivity index (χ0n) is 18.5. The molecule has 5 aromatic carbocycles. The Bertz CT molecular complexity index is 1520. The van der Waals surface area contributed by atoms with Gasteiger partial charge in [0, 0.05) is 19.6 Å². The quantitative estimate of drug-likeness (QED) is 0.357. The first-order valence-corrected chi connectivity index (χ1v) is 13.3. The molecule has 4 heteroatoms. The van der Waals surface area contributed by atoms with Gasteiger partial charge in [0.15, 0.2) is 0 Å². The van der Waals surface area contributed by atoms with E-state index in [9.17, 15) is 0 Å². The minimum atomic E-state index is 0.234. The summed E-state index contributed by atoms with van der Waals surface area (Å²) in [6, 6.07) is 44.7. The van der Waals surface area contributed by atoms with Gasteiger partial charge >= 0.3 is 0 Å². The van der Waals surface area contributed by atoms with E-state index in [1.165, 1.54) is 52.4 Å². The lowest BCUT2D eigenvalue weighted by molar-refractivity contribution is 1.36. The Labute approximate surface area is 210 Å². The molecule has 2 aliphatic heterocycles. The number of hydrogen-bond donors (Lipinski definition) is 0. The highest BCUT2D eigenvalue weighted by Crippen LogP contribution is 2.36. The minimum absolute atomic E-state index is 0.234. The van der Waals surface area contributed by atoms with E-state index < -0.39 is 0 Å². The summed E-state index contributed by atoms with van der Waals surface area (Å²) in [6.45, 7) is 0.482. The summed E-state index contributed by atoms with van der Waals surface area (Å²) in [5.41, 5.74) is 8.43. The van der Waals surface area contributed by atoms with Crippen molar-refractivity contribution in [3.8, 4) is 0 Å². The normalized spacial score (nSPS) is 13.5. The summed E-state index contributed by atoms with van der Waals surface area (Å²) in [7, 11) is 0. The lowest BCUT2D eigenvalue weighted by Gasteiger charge is -2.33. The molecule has 0 unspecified atom stereocenters. The molecule has 0 atom stereocenters. The molecule has 2 aliphatic rings. The van der Waals surface area contributed by atoms with Gasteiger partial charge in [-0.2, -0.15) is 0 Å². The van der Waals surface area contributed by atoms with E-state index in [2.05, 4.69) is 121 Å². The highest BCUT2D eigenvalue weighted by molar-refractivity contribution is 8.01. The molecule has 34 heavy (non-hydrogen) atoms. The minimum Gasteiger partial charge on any atom is -0.0917 e. The first-order valence-electron chi connectivity index (χ1n) is 11.7. The Balaban J connectivity index is 1.52. The maximum atomic E-state index is 2.39. The van der Waals surface area contributed by atoms with E-state index >= 15 is 0 Å². The number of hydrogen-bond acceptors (Lipinski definition) is 2. The van der Waals surface area contributed by atoms with Gasteiger partial charge in [0.25, 0.3) is 0 Å². The number of fused-ring (bicyclic) bond motifs is 5. The van der Waals surface area contributed by atoms with E-state index in [1.807, 2.05) is 23.5 Å². The molecule has 7 rings (SSSR count). The fourth-order valence-corrected chi connectivity index (χ4v) is 8.00. The van der Waals surface area contributed by atoms with Crippen LogP contribution in [0.2, 0.25) is 0 Å². The zero-order chi connectivity index (χ0) is 22.5. The second-order valence-corrected chi connectivity index (χ2v) is 11.0. The molecule has 0 radical (unpaired) electrons. The smallest absolute Gasteiger partial charge is 0.0917 e. The lowest BCUT2D eigenvalue weighted by atomic mass is 9.33. The van der Waals surface area contributed by atoms with Crippen molar-refractivity contribution in [2.24, 2.45) is 0 Å². The Hall–Kier alpha value is -3.07. The summed E-state index contributed by atoms with van der Waals surface area (Å²) in [5.74, 6) is 0. The Morgan fingerprint density at radius 1 is 0.382 bits per heavy atom. The Morgan fingerprint density at radius 3 is 1.59 bits per heavy atom. The molecule has 2 heterocycles. The van der Waals surface area contributed by atoms with Crippen molar-refractivity contribution >= 4 is 69.7 Å². The van der Waals surface area contributed by atoms with Gasteiger partial charge in [0.05, 0.1) is 0 Å². The van der Waals surface area contributed by atoms with Gasteiger partial charge in [-0.1, -0.05) is 154 Å². The Morgan fingerprint density at radius 2 is 0.912 bits per heavy atom. The molecule has 5 aromatic rings. The van der Waals surface area contributed by atoms with Crippen LogP contribution in [-0.4, -0.2) is 13.4 Å². The third-order valence-corrected chi connectivity index (χ3v) is 9.36. The van der Waals surface area contributed by atoms with Crippen LogP contribution >= 0.6 is 23.5 Å². The van der Waals surface area contributed by atoms with Gasteiger partial charge < -0.3 is 0 Å². The second-order valence-electron chi connectivity index (χ2n) is 8.86. The SMILES string of the molecule is c1ccc(B2c3ccccc3Sc3c2ccc2c3B(c3ccccc3)c3ccccc3S2)cc1. The molecule has 0 saturated heterocycles. The molecule has 0 fully saturated rings. The maximum Gasteiger partial charge on any atom is 0.245 e. The van der Waals surface area contributed by atoms with E-state index in [0.717, 1.165) is 0 Å². The largest absolute Gasteiger partial charge is 0.245 e. The fourth-order valence-electron chi connectivity index (χ4n) is 5.47. The first kappa shape index (κ1) is 20.3. The van der Waals surface area contributed by atoms with Crippen molar-refractivity contribution in [2.45, 2.75) is 19.6 Å². The van der Waals surface area contributed by atoms with Crippen molar-refractivity contribution < 1.29 is 0 Å². The van der Waals surface area contributed by atoms with Gasteiger partial charge in [-0.25, -0.2) is 0 Å². The molecular formula is C30H20B2S2. The van der Waals surface area contributed by atoms with E-state index in [4.69, 9.17) is 0 Å². The number of rotatable bonds is 2. The van der Waals surface area contributed by atoms with Gasteiger partial charge in [-0.15, -0.1) is 0 Å². The van der Waals surface area contributed by atoms with Gasteiger partial charge in [-0.3, -0.25) is 0 Å². The monoisotopic (exact) mass is 466 g/mol. The molecule has 0 amide bonds. The van der Waals surface area contributed by atoms with E-state index in [1.54, 1.807) is 0 Å². The van der Waals surface area contributed by atoms with Crippen LogP contribution in [0, 0.1) is 0 Å². The average molecular weight is 466 g/mol. The highest BCUT2D eigenvalue weighted by Gasteiger charge is 2.38. The zero-order valence-corrected chi connectivity index (χ0v) is 20.2. The first-order chi connectivity index (χ1) is 16.9. The topological polar surface area (TPSA) is 0 Å². The summed E-state index contributed by atoms with van der Waals surface area (Å²) in [6.07, 6.45) is 0. The summed E-state index contributed by atoms with van der Waals surface area (Å²) < 4.78 is 0. The predicted octanol–water partition coefficient (Wildman–Crippen LogP) is 3.65. The van der Waals surface area contributed by atoms with Crippen molar-refractivity contribution in [3.05, 3.63) is 121 Å². The molecule has 0 saturated carbocycles. The molecule has 0 spiro atoms. The second kappa shape index (κ2) is 8.30. The van der Waals surface area contributed by atoms with Crippen molar-refractivity contribution in [1.29, 1.82) is 0 Å². The molecule has 0 aliphatic carbocycles. The van der Waals surface area contributed by atoms with E-state index in [-0.39, 0.29) is 13.4 Å². The number of benzene rings is 5. The average Bonchev–Trinajstić information content (AvgIpc) is 2.91. The summed E-state index contributed by atoms with van der Waals surface area (Å²) in [4.78, 5) is 5.54. The van der Waals surface area contributed by atoms with Crippen molar-refractivity contribution in [3.63, 3.8) is 0 Å². The highest BCUT2D eigenvalue weighted by atomic mass is 32.2. The molecule has 0 N–H and O–H groups in total. The van der Waals surface area contributed by atoms with E-state index in [0.29, 0.717) is 0 Å². The van der Waals surface area contributed by atoms with Crippen LogP contribution in [0.25, 0.3) is 0 Å². The van der Waals surface area contributed by atoms with Crippen LogP contribution in [0.1, 0.15) is 0 Å². The van der Waals surface area contributed by atoms with Crippen molar-refractivity contribution in [2.75, 3.05) is 0 Å². The third-order valence-electron chi connectivity index (χ3n) is 6.94. The molecule has 0 nitrogen and oxygen atoms in total. The van der Waals surface area contributed by atoms with Gasteiger partial charge in [0.2, 0.25) is 13.4 Å². The summed E-state index contributed by atoms with van der Waals surface area (Å²) in [5, 5.41) is 0.